The van der Waals surface area contributed by atoms with Gasteiger partial charge in [-0.2, -0.15) is 34.2 Å². The average molecular weight is 1930 g/mol. The standard InChI is InChI=1S/C15H27N3O2.C13H27N5.C13H25N3.C11H21N3.C11H22O.C10H24N4O2S.C10H21NO2S.C9H18O.C8H18O2S/c1-15(2,3)7-6-8-16-11-12(14(20)13(11)19)17-9-10-18(4)5;1-13(2,3)7-6-8-15-12(17-11-14)16-9-10-18(4)5;1-13(2,3)10-8-6-7-9-12(15-11-14)16(4)5;1-11(2,3)8-6-7-10(13-9-12)14(4)5;1-10(12)8-6-5-7-9-11(2,3)4;1-10(2,3)7-6-8-12-9(14(4)5)13-17(11,15)16;1-10(2,3)7-4-8-11-14(12,13)9-5-6-9;1-8(10)6-5-7-9(2,3)4;1-8(2,3)6-5-7-11(4,9)10/h16-17H,6-10H2,1-5H3;6-10H2,1-5H3,(H2,15,16,17);6-10H2,1-5H3;6-8H2,1-5H3;5-9H2,1-4H3;6-8H2,1-5H3,(H,12,13)(H2,11,15,16);9,11H,4-8H2,1-3H3;5-7H2,1-4H3;5-7H2,1-4H3. The third kappa shape index (κ3) is 111. The number of nitrogens with zero attached hydrogens (tertiary/aromatic N) is 12. The predicted octanol–water partition coefficient (Wildman–Crippen LogP) is 19.6. The van der Waals surface area contributed by atoms with Gasteiger partial charge in [-0.05, 0) is 219 Å². The highest BCUT2D eigenvalue weighted by Gasteiger charge is 2.35. The molecule has 0 spiro atoms. The lowest BCUT2D eigenvalue weighted by atomic mass is 9.89. The molecule has 8 N–H and O–H groups in total. The Morgan fingerprint density at radius 1 is 0.409 bits per heavy atom. The number of amidine groups is 2. The number of nitriles is 3. The van der Waals surface area contributed by atoms with Crippen molar-refractivity contribution in [2.45, 2.75) is 386 Å². The Morgan fingerprint density at radius 3 is 1.06 bits per heavy atom. The first-order valence-corrected chi connectivity index (χ1v) is 53.3. The molecule has 1 aromatic rings. The lowest BCUT2D eigenvalue weighted by molar-refractivity contribution is -0.118. The first-order valence-electron chi connectivity index (χ1n) is 48.1. The van der Waals surface area contributed by atoms with Gasteiger partial charge in [0.05, 0.1) is 5.25 Å². The molecule has 0 heterocycles. The zero-order chi connectivity index (χ0) is 105. The van der Waals surface area contributed by atoms with E-state index in [1.165, 1.54) is 44.8 Å². The molecule has 1 aliphatic carbocycles. The molecule has 0 aromatic heterocycles. The summed E-state index contributed by atoms with van der Waals surface area (Å²) in [4.78, 5) is 69.9. The van der Waals surface area contributed by atoms with E-state index in [4.69, 9.17) is 20.9 Å². The molecule has 0 radical (unpaired) electrons. The van der Waals surface area contributed by atoms with E-state index in [1.54, 1.807) is 32.8 Å². The summed E-state index contributed by atoms with van der Waals surface area (Å²) in [6.45, 7) is 68.6. The Labute approximate surface area is 811 Å². The van der Waals surface area contributed by atoms with E-state index in [-0.39, 0.29) is 22.0 Å². The van der Waals surface area contributed by atoms with Crippen LogP contribution in [0.1, 0.15) is 381 Å². The molecule has 29 nitrogen and oxygen atoms in total. The Morgan fingerprint density at radius 2 is 0.727 bits per heavy atom. The van der Waals surface area contributed by atoms with Crippen LogP contribution in [0.5, 0.6) is 0 Å². The normalized spacial score (nSPS) is 13.1. The second-order valence-corrected chi connectivity index (χ2v) is 52.7. The molecule has 1 aromatic carbocycles. The first-order chi connectivity index (χ1) is 59.7. The molecule has 0 bridgehead atoms. The average Bonchev–Trinajstić information content (AvgIpc) is 0.847. The van der Waals surface area contributed by atoms with Gasteiger partial charge in [-0.15, -0.1) is 0 Å². The number of aliphatic imine (C=N–C) groups is 4. The summed E-state index contributed by atoms with van der Waals surface area (Å²) in [5.41, 5.74) is 3.21. The maximum atomic E-state index is 11.5. The number of hydrogen-bond acceptors (Lipinski definition) is 21. The van der Waals surface area contributed by atoms with Gasteiger partial charge in [0.15, 0.2) is 6.19 Å². The fourth-order valence-corrected chi connectivity index (χ4v) is 14.2. The number of likely N-dealkylation sites (N-methyl/N-ethyl adjacent to an activating group) is 2. The molecule has 2 rings (SSSR count). The van der Waals surface area contributed by atoms with Crippen molar-refractivity contribution in [1.82, 2.24) is 44.6 Å². The fraction of sp³-hybridized carbons (Fsp3) is 0.870. The minimum absolute atomic E-state index is 0.0860. The van der Waals surface area contributed by atoms with Crippen LogP contribution in [0.2, 0.25) is 0 Å². The second-order valence-electron chi connectivity index (χ2n) is 47.1. The van der Waals surface area contributed by atoms with Gasteiger partial charge in [0.2, 0.25) is 34.3 Å². The lowest BCUT2D eigenvalue weighted by Crippen LogP contribution is -2.43. The van der Waals surface area contributed by atoms with Crippen molar-refractivity contribution in [3.63, 3.8) is 0 Å². The quantitative estimate of drug-likeness (QED) is 0.00798. The maximum Gasteiger partial charge on any atom is 0.298 e. The van der Waals surface area contributed by atoms with Gasteiger partial charge in [-0.3, -0.25) is 24.9 Å². The zero-order valence-corrected chi connectivity index (χ0v) is 94.4. The van der Waals surface area contributed by atoms with Crippen LogP contribution in [0.3, 0.4) is 0 Å². The highest BCUT2D eigenvalue weighted by atomic mass is 32.2. The van der Waals surface area contributed by atoms with Crippen molar-refractivity contribution in [3.8, 4) is 18.6 Å². The van der Waals surface area contributed by atoms with Gasteiger partial charge in [-0.25, -0.2) is 31.4 Å². The second kappa shape index (κ2) is 71.2. The zero-order valence-electron chi connectivity index (χ0n) is 92.0. The number of unbranched alkanes of at least 4 members (excludes halogenated alkanes) is 4. The number of hydrogen-bond donors (Lipinski definition) is 7. The van der Waals surface area contributed by atoms with Crippen LogP contribution in [0.4, 0.5) is 11.4 Å². The Balaban J connectivity index is -0.000000268. The van der Waals surface area contributed by atoms with Crippen LogP contribution in [-0.2, 0) is 39.7 Å². The van der Waals surface area contributed by atoms with Crippen LogP contribution in [0.25, 0.3) is 0 Å². The van der Waals surface area contributed by atoms with Crippen LogP contribution < -0.4 is 46.7 Å². The summed E-state index contributed by atoms with van der Waals surface area (Å²) in [5.74, 6) is 3.56. The van der Waals surface area contributed by atoms with Crippen LogP contribution in [-0.4, -0.2) is 225 Å². The summed E-state index contributed by atoms with van der Waals surface area (Å²) in [7, 11) is 9.64. The highest BCUT2D eigenvalue weighted by molar-refractivity contribution is 7.90. The van der Waals surface area contributed by atoms with Crippen LogP contribution in [0.15, 0.2) is 29.6 Å². The van der Waals surface area contributed by atoms with Crippen molar-refractivity contribution in [1.29, 1.82) is 15.8 Å². The number of nitrogens with one attached hydrogen (secondary N) is 6. The topological polar surface area (TPSA) is 406 Å². The summed E-state index contributed by atoms with van der Waals surface area (Å²) < 4.78 is 70.9. The van der Waals surface area contributed by atoms with Gasteiger partial charge >= 0.3 is 0 Å². The van der Waals surface area contributed by atoms with E-state index in [9.17, 15) is 44.4 Å². The lowest BCUT2D eigenvalue weighted by Gasteiger charge is -2.19. The van der Waals surface area contributed by atoms with Crippen molar-refractivity contribution in [2.75, 3.05) is 145 Å². The number of anilines is 2. The molecule has 0 aliphatic heterocycles. The molecular weight excluding hydrogens is 1720 g/mol. The van der Waals surface area contributed by atoms with Crippen molar-refractivity contribution >= 4 is 76.6 Å². The van der Waals surface area contributed by atoms with Gasteiger partial charge in [0, 0.05) is 132 Å². The van der Waals surface area contributed by atoms with E-state index >= 15 is 0 Å². The van der Waals surface area contributed by atoms with Crippen molar-refractivity contribution in [2.24, 2.45) is 73.8 Å². The minimum atomic E-state index is -3.76. The fourth-order valence-electron chi connectivity index (χ4n) is 11.6. The molecule has 0 atom stereocenters. The third-order valence-electron chi connectivity index (χ3n) is 19.3. The van der Waals surface area contributed by atoms with Crippen LogP contribution in [0, 0.1) is 83.1 Å². The molecule has 776 valence electrons. The molecule has 1 fully saturated rings. The number of guanidine groups is 2. The molecule has 1 aliphatic rings. The Hall–Kier alpha value is -6.34. The van der Waals surface area contributed by atoms with Gasteiger partial charge in [0.1, 0.15) is 44.4 Å². The third-order valence-corrected chi connectivity index (χ3v) is 22.8. The molecule has 0 saturated heterocycles. The molecule has 0 unspecified atom stereocenters. The summed E-state index contributed by atoms with van der Waals surface area (Å²) in [6.07, 6.45) is 35.9. The monoisotopic (exact) mass is 1930 g/mol. The van der Waals surface area contributed by atoms with Gasteiger partial charge < -0.3 is 50.0 Å². The maximum absolute atomic E-state index is 11.5. The molecule has 1 saturated carbocycles. The smallest absolute Gasteiger partial charge is 0.298 e. The highest BCUT2D eigenvalue weighted by Crippen LogP contribution is 2.30. The number of Topliss-reactive ketones (excluding diaryl/α,β-unsaturated/α-hetero) is 2. The molecule has 0 amide bonds. The molecule has 132 heavy (non-hydrogen) atoms. The SMILES string of the molecule is CC(=O)CCCC(C)(C)C.CC(=O)CCCCCC(C)(C)C.CC(C)(C)CCCNS(=O)(=O)C1CC1.CC(C)(C)CCCS(C)(=O)=O.CN(C)C(=NCCCC(C)(C)C)NS(N)(=O)=O.CN(C)C(CCCC(C)(C)C)=NC#N.CN(C)C(CCCCCC(C)(C)C)=NC#N.CN(C)CCNC(=NCCCC(C)(C)C)NC#N.CN(C)CCNc1c(NCCCC(C)(C)C)c(=O)c1=O. The van der Waals surface area contributed by atoms with Crippen molar-refractivity contribution in [3.05, 3.63) is 20.4 Å². The van der Waals surface area contributed by atoms with E-state index in [1.807, 2.05) is 89.7 Å². The van der Waals surface area contributed by atoms with Crippen LogP contribution >= 0.6 is 0 Å². The summed E-state index contributed by atoms with van der Waals surface area (Å²) in [5, 5.41) is 42.3. The number of rotatable bonds is 42. The number of carbonyl (C=O) groups excluding carboxylic acids is 2. The molecule has 32 heteroatoms. The number of ketones is 2. The largest absolute Gasteiger partial charge is 0.380 e. The number of sulfonamides is 1. The summed E-state index contributed by atoms with van der Waals surface area (Å²) in [6, 6.07) is 0. The Kier molecular flexibility index (Phi) is 74.8. The number of sulfone groups is 1. The minimum Gasteiger partial charge on any atom is -0.380 e. The van der Waals surface area contributed by atoms with Gasteiger partial charge in [-0.1, -0.05) is 213 Å². The first kappa shape index (κ1) is 139. The number of carbonyl (C=O) groups is 2. The van der Waals surface area contributed by atoms with Crippen molar-refractivity contribution < 1.29 is 34.8 Å². The predicted molar refractivity (Wildman–Crippen MR) is 566 cm³/mol. The van der Waals surface area contributed by atoms with E-state index in [2.05, 4.69) is 243 Å². The Bertz CT molecular complexity index is 3910. The number of nitrogens with two attached hydrogens (primary N) is 1. The van der Waals surface area contributed by atoms with E-state index in [0.717, 1.165) is 186 Å². The van der Waals surface area contributed by atoms with E-state index in [0.29, 0.717) is 92.2 Å². The van der Waals surface area contributed by atoms with Gasteiger partial charge in [0.25, 0.3) is 21.1 Å². The molecular formula is C100H203N19O10S3. The van der Waals surface area contributed by atoms with E-state index < -0.39 is 40.9 Å². The summed E-state index contributed by atoms with van der Waals surface area (Å²) >= 11 is 0.